The molecule has 0 spiro atoms. The van der Waals surface area contributed by atoms with Crippen LogP contribution in [-0.2, 0) is 0 Å². The maximum Gasteiger partial charge on any atom is 0.160 e. The molecule has 9 aromatic rings. The number of hydrogen-bond donors (Lipinski definition) is 0. The first-order valence-electron chi connectivity index (χ1n) is 14.5. The van der Waals surface area contributed by atoms with E-state index in [0.717, 1.165) is 33.9 Å². The van der Waals surface area contributed by atoms with E-state index in [4.69, 9.17) is 9.97 Å². The average Bonchev–Trinajstić information content (AvgIpc) is 3.48. The van der Waals surface area contributed by atoms with E-state index in [1.54, 1.807) is 0 Å². The third-order valence-corrected chi connectivity index (χ3v) is 9.57. The minimum atomic E-state index is 0.727. The summed E-state index contributed by atoms with van der Waals surface area (Å²) in [4.78, 5) is 10.4. The summed E-state index contributed by atoms with van der Waals surface area (Å²) in [6, 6.07) is 51.7. The zero-order chi connectivity index (χ0) is 28.3. The number of aromatic nitrogens is 2. The smallest absolute Gasteiger partial charge is 0.160 e. The van der Waals surface area contributed by atoms with Crippen molar-refractivity contribution in [1.29, 1.82) is 0 Å². The van der Waals surface area contributed by atoms with E-state index in [-0.39, 0.29) is 0 Å². The Morgan fingerprint density at radius 3 is 1.81 bits per heavy atom. The second-order valence-electron chi connectivity index (χ2n) is 11.0. The van der Waals surface area contributed by atoms with E-state index < -0.39 is 0 Å². The first kappa shape index (κ1) is 24.2. The van der Waals surface area contributed by atoms with Gasteiger partial charge in [-0.05, 0) is 51.6 Å². The summed E-state index contributed by atoms with van der Waals surface area (Å²) in [7, 11) is 0. The van der Waals surface area contributed by atoms with Crippen molar-refractivity contribution >= 4 is 53.1 Å². The van der Waals surface area contributed by atoms with Gasteiger partial charge >= 0.3 is 0 Å². The predicted octanol–water partition coefficient (Wildman–Crippen LogP) is 11.3. The van der Waals surface area contributed by atoms with Gasteiger partial charge in [-0.25, -0.2) is 9.97 Å². The molecule has 0 fully saturated rings. The molecule has 2 nitrogen and oxygen atoms in total. The summed E-state index contributed by atoms with van der Waals surface area (Å²) >= 11 is 1.87. The molecule has 0 unspecified atom stereocenters. The first-order chi connectivity index (χ1) is 21.3. The molecule has 9 rings (SSSR count). The second-order valence-corrected chi connectivity index (χ2v) is 12.0. The molecule has 0 bridgehead atoms. The Bertz CT molecular complexity index is 2440. The largest absolute Gasteiger partial charge is 0.228 e. The molecule has 0 aliphatic carbocycles. The van der Waals surface area contributed by atoms with Crippen molar-refractivity contribution in [2.45, 2.75) is 0 Å². The minimum Gasteiger partial charge on any atom is -0.228 e. The molecule has 0 saturated heterocycles. The van der Waals surface area contributed by atoms with Crippen LogP contribution in [-0.4, -0.2) is 9.97 Å². The van der Waals surface area contributed by atoms with Gasteiger partial charge in [-0.2, -0.15) is 0 Å². The Morgan fingerprint density at radius 2 is 0.977 bits per heavy atom. The highest BCUT2D eigenvalue weighted by molar-refractivity contribution is 7.26. The van der Waals surface area contributed by atoms with Crippen LogP contribution in [0.25, 0.3) is 86.7 Å². The SMILES string of the molecule is c1ccc(-c2cccc(-c3cc(-c4ccc5sc6cccc7c8ccccc8c4c5c67)nc(-c4ccccc4)n3)c2)cc1. The number of hydrogen-bond acceptors (Lipinski definition) is 3. The van der Waals surface area contributed by atoms with Gasteiger partial charge in [-0.15, -0.1) is 11.3 Å². The van der Waals surface area contributed by atoms with Crippen molar-refractivity contribution in [3.63, 3.8) is 0 Å². The van der Waals surface area contributed by atoms with Crippen molar-refractivity contribution in [3.8, 4) is 45.0 Å². The lowest BCUT2D eigenvalue weighted by molar-refractivity contribution is 1.19. The first-order valence-corrected chi connectivity index (χ1v) is 15.3. The van der Waals surface area contributed by atoms with Crippen molar-refractivity contribution < 1.29 is 0 Å². The lowest BCUT2D eigenvalue weighted by atomic mass is 9.90. The fraction of sp³-hybridized carbons (Fsp3) is 0. The minimum absolute atomic E-state index is 0.727. The molecule has 200 valence electrons. The molecule has 2 aromatic heterocycles. The monoisotopic (exact) mass is 564 g/mol. The highest BCUT2D eigenvalue weighted by atomic mass is 32.1. The van der Waals surface area contributed by atoms with E-state index in [9.17, 15) is 0 Å². The van der Waals surface area contributed by atoms with Crippen LogP contribution in [0.2, 0.25) is 0 Å². The summed E-state index contributed by atoms with van der Waals surface area (Å²) in [6.45, 7) is 0. The van der Waals surface area contributed by atoms with E-state index in [0.29, 0.717) is 0 Å². The van der Waals surface area contributed by atoms with Gasteiger partial charge in [-0.1, -0.05) is 121 Å². The summed E-state index contributed by atoms with van der Waals surface area (Å²) in [5.74, 6) is 0.727. The van der Waals surface area contributed by atoms with Gasteiger partial charge in [0.1, 0.15) is 0 Å². The zero-order valence-electron chi connectivity index (χ0n) is 23.2. The van der Waals surface area contributed by atoms with Crippen LogP contribution in [0.5, 0.6) is 0 Å². The molecule has 2 heterocycles. The van der Waals surface area contributed by atoms with Crippen LogP contribution in [0.3, 0.4) is 0 Å². The van der Waals surface area contributed by atoms with Crippen LogP contribution < -0.4 is 0 Å². The summed E-state index contributed by atoms with van der Waals surface area (Å²) in [6.07, 6.45) is 0. The Kier molecular flexibility index (Phi) is 5.40. The third kappa shape index (κ3) is 3.86. The van der Waals surface area contributed by atoms with Crippen LogP contribution in [0.15, 0.2) is 146 Å². The van der Waals surface area contributed by atoms with Gasteiger partial charge in [0.2, 0.25) is 0 Å². The average molecular weight is 565 g/mol. The normalized spacial score (nSPS) is 11.7. The molecular formula is C40H24N2S. The molecule has 0 aliphatic rings. The quantitative estimate of drug-likeness (QED) is 0.199. The van der Waals surface area contributed by atoms with Crippen LogP contribution >= 0.6 is 11.3 Å². The van der Waals surface area contributed by atoms with Crippen LogP contribution in [0.4, 0.5) is 0 Å². The number of nitrogens with zero attached hydrogens (tertiary/aromatic N) is 2. The molecule has 3 heteroatoms. The van der Waals surface area contributed by atoms with E-state index in [1.165, 1.54) is 52.8 Å². The Labute approximate surface area is 252 Å². The van der Waals surface area contributed by atoms with E-state index in [1.807, 2.05) is 29.5 Å². The Morgan fingerprint density at radius 1 is 0.372 bits per heavy atom. The molecule has 0 aliphatic heterocycles. The summed E-state index contributed by atoms with van der Waals surface area (Å²) in [5.41, 5.74) is 7.40. The standard InChI is InChI=1S/C40H24N2S/c1-3-11-25(12-4-1)27-15-9-16-28(23-27)33-24-34(42-40(41-33)26-13-5-2-6-14-26)32-21-22-36-39-37(32)30-18-8-7-17-29(30)31-19-10-20-35(43-36)38(31)39/h1-24H. The van der Waals surface area contributed by atoms with Gasteiger partial charge in [0.25, 0.3) is 0 Å². The molecule has 7 aromatic carbocycles. The van der Waals surface area contributed by atoms with Crippen molar-refractivity contribution in [3.05, 3.63) is 146 Å². The summed E-state index contributed by atoms with van der Waals surface area (Å²) in [5, 5.41) is 7.80. The molecular weight excluding hydrogens is 541 g/mol. The van der Waals surface area contributed by atoms with Gasteiger partial charge in [0, 0.05) is 42.2 Å². The van der Waals surface area contributed by atoms with Crippen LogP contribution in [0.1, 0.15) is 0 Å². The van der Waals surface area contributed by atoms with Crippen LogP contribution in [0, 0.1) is 0 Å². The highest BCUT2D eigenvalue weighted by Crippen LogP contribution is 2.48. The van der Waals surface area contributed by atoms with Crippen molar-refractivity contribution in [2.75, 3.05) is 0 Å². The molecule has 0 radical (unpaired) electrons. The molecule has 0 atom stereocenters. The number of rotatable bonds is 4. The molecule has 0 amide bonds. The van der Waals surface area contributed by atoms with Gasteiger partial charge in [0.05, 0.1) is 11.4 Å². The lowest BCUT2D eigenvalue weighted by Crippen LogP contribution is -1.97. The fourth-order valence-electron chi connectivity index (χ4n) is 6.50. The highest BCUT2D eigenvalue weighted by Gasteiger charge is 2.20. The number of benzene rings is 7. The van der Waals surface area contributed by atoms with Gasteiger partial charge in [-0.3, -0.25) is 0 Å². The molecule has 43 heavy (non-hydrogen) atoms. The van der Waals surface area contributed by atoms with Crippen molar-refractivity contribution in [2.24, 2.45) is 0 Å². The number of fused-ring (bicyclic) bond motifs is 3. The predicted molar refractivity (Wildman–Crippen MR) is 183 cm³/mol. The molecule has 0 N–H and O–H groups in total. The fourth-order valence-corrected chi connectivity index (χ4v) is 7.64. The third-order valence-electron chi connectivity index (χ3n) is 8.45. The van der Waals surface area contributed by atoms with E-state index >= 15 is 0 Å². The van der Waals surface area contributed by atoms with E-state index in [2.05, 4.69) is 127 Å². The maximum absolute atomic E-state index is 5.25. The lowest BCUT2D eigenvalue weighted by Gasteiger charge is -2.15. The Hall–Kier alpha value is -5.38. The Balaban J connectivity index is 1.35. The topological polar surface area (TPSA) is 25.8 Å². The molecule has 0 saturated carbocycles. The van der Waals surface area contributed by atoms with Crippen molar-refractivity contribution in [1.82, 2.24) is 9.97 Å². The summed E-state index contributed by atoms with van der Waals surface area (Å²) < 4.78 is 2.63. The number of thiophene rings is 1. The maximum atomic E-state index is 5.25. The zero-order valence-corrected chi connectivity index (χ0v) is 24.0. The second kappa shape index (κ2) is 9.59. The van der Waals surface area contributed by atoms with Gasteiger partial charge < -0.3 is 0 Å². The van der Waals surface area contributed by atoms with Gasteiger partial charge in [0.15, 0.2) is 5.82 Å².